The van der Waals surface area contributed by atoms with Gasteiger partial charge in [-0.2, -0.15) is 0 Å². The van der Waals surface area contributed by atoms with Gasteiger partial charge in [0.05, 0.1) is 6.10 Å². The molecule has 4 heteroatoms. The van der Waals surface area contributed by atoms with E-state index in [4.69, 9.17) is 11.6 Å². The maximum Gasteiger partial charge on any atom is 0.254 e. The summed E-state index contributed by atoms with van der Waals surface area (Å²) in [6, 6.07) is 6.91. The minimum absolute atomic E-state index is 0.278. The number of halogens is 1. The van der Waals surface area contributed by atoms with Crippen molar-refractivity contribution < 1.29 is 5.11 Å². The van der Waals surface area contributed by atoms with Gasteiger partial charge in [-0.25, -0.2) is 0 Å². The van der Waals surface area contributed by atoms with Crippen molar-refractivity contribution in [3.63, 3.8) is 0 Å². The number of pyridine rings is 1. The van der Waals surface area contributed by atoms with Gasteiger partial charge < -0.3 is 10.1 Å². The minimum Gasteiger partial charge on any atom is -0.388 e. The molecule has 0 aliphatic rings. The summed E-state index contributed by atoms with van der Waals surface area (Å²) in [5.41, 5.74) is 0.765. The van der Waals surface area contributed by atoms with E-state index in [9.17, 15) is 9.90 Å². The molecular formula is C11H10ClNO2. The van der Waals surface area contributed by atoms with E-state index in [1.54, 1.807) is 31.2 Å². The summed E-state index contributed by atoms with van der Waals surface area (Å²) in [4.78, 5) is 14.2. The maximum absolute atomic E-state index is 11.5. The number of H-pyrrole nitrogens is 1. The molecule has 0 aliphatic heterocycles. The topological polar surface area (TPSA) is 53.1 Å². The van der Waals surface area contributed by atoms with Crippen LogP contribution < -0.4 is 5.56 Å². The van der Waals surface area contributed by atoms with Crippen molar-refractivity contribution in [1.29, 1.82) is 0 Å². The number of aliphatic hydroxyl groups is 1. The first-order valence-electron chi connectivity index (χ1n) is 4.58. The van der Waals surface area contributed by atoms with Crippen molar-refractivity contribution in [3.8, 4) is 0 Å². The van der Waals surface area contributed by atoms with Crippen LogP contribution in [0.3, 0.4) is 0 Å². The van der Waals surface area contributed by atoms with E-state index in [-0.39, 0.29) is 5.56 Å². The number of aromatic amines is 1. The average Bonchev–Trinajstić information content (AvgIpc) is 2.15. The molecule has 1 aromatic heterocycles. The van der Waals surface area contributed by atoms with E-state index in [2.05, 4.69) is 4.98 Å². The van der Waals surface area contributed by atoms with Crippen molar-refractivity contribution in [2.24, 2.45) is 0 Å². The molecule has 0 spiro atoms. The number of rotatable bonds is 1. The quantitative estimate of drug-likeness (QED) is 0.779. The molecule has 1 heterocycles. The second-order valence-electron chi connectivity index (χ2n) is 3.46. The summed E-state index contributed by atoms with van der Waals surface area (Å²) in [6.45, 7) is 1.56. The fourth-order valence-corrected chi connectivity index (χ4v) is 1.67. The lowest BCUT2D eigenvalue weighted by Gasteiger charge is -2.05. The fourth-order valence-electron chi connectivity index (χ4n) is 1.50. The molecule has 1 unspecified atom stereocenters. The predicted octanol–water partition coefficient (Wildman–Crippen LogP) is 2.23. The summed E-state index contributed by atoms with van der Waals surface area (Å²) >= 11 is 5.80. The monoisotopic (exact) mass is 223 g/mol. The third-order valence-electron chi connectivity index (χ3n) is 2.29. The van der Waals surface area contributed by atoms with E-state index in [0.717, 1.165) is 5.39 Å². The Balaban J connectivity index is 2.76. The molecule has 1 aromatic carbocycles. The van der Waals surface area contributed by atoms with Crippen molar-refractivity contribution in [2.75, 3.05) is 0 Å². The van der Waals surface area contributed by atoms with Gasteiger partial charge in [-0.1, -0.05) is 17.7 Å². The zero-order valence-corrected chi connectivity index (χ0v) is 8.88. The van der Waals surface area contributed by atoms with Crippen LogP contribution in [0.4, 0.5) is 0 Å². The molecule has 0 radical (unpaired) electrons. The molecule has 1 atom stereocenters. The molecule has 0 saturated carbocycles. The maximum atomic E-state index is 11.5. The molecule has 0 saturated heterocycles. The molecule has 0 bridgehead atoms. The van der Waals surface area contributed by atoms with Crippen molar-refractivity contribution in [1.82, 2.24) is 4.98 Å². The SMILES string of the molecule is CC(O)c1cc2ccc(Cl)cc2[nH]c1=O. The molecule has 78 valence electrons. The molecule has 2 rings (SSSR count). The van der Waals surface area contributed by atoms with Gasteiger partial charge >= 0.3 is 0 Å². The van der Waals surface area contributed by atoms with E-state index in [1.807, 2.05) is 0 Å². The lowest BCUT2D eigenvalue weighted by molar-refractivity contribution is 0.198. The van der Waals surface area contributed by atoms with Gasteiger partial charge in [0.15, 0.2) is 0 Å². The normalized spacial score (nSPS) is 13.0. The largest absolute Gasteiger partial charge is 0.388 e. The van der Waals surface area contributed by atoms with Gasteiger partial charge in [0, 0.05) is 16.1 Å². The van der Waals surface area contributed by atoms with Crippen LogP contribution in [0.25, 0.3) is 10.9 Å². The molecule has 0 aliphatic carbocycles. The highest BCUT2D eigenvalue weighted by molar-refractivity contribution is 6.31. The molecule has 2 N–H and O–H groups in total. The summed E-state index contributed by atoms with van der Waals surface area (Å²) in [7, 11) is 0. The number of aromatic nitrogens is 1. The van der Waals surface area contributed by atoms with Crippen LogP contribution in [0.2, 0.25) is 5.02 Å². The van der Waals surface area contributed by atoms with Crippen LogP contribution >= 0.6 is 11.6 Å². The molecule has 0 fully saturated rings. The van der Waals surface area contributed by atoms with Crippen LogP contribution in [0.1, 0.15) is 18.6 Å². The van der Waals surface area contributed by atoms with Gasteiger partial charge in [-0.3, -0.25) is 4.79 Å². The summed E-state index contributed by atoms with van der Waals surface area (Å²) in [6.07, 6.45) is -0.770. The number of benzene rings is 1. The van der Waals surface area contributed by atoms with Crippen LogP contribution in [0, 0.1) is 0 Å². The third-order valence-corrected chi connectivity index (χ3v) is 2.52. The highest BCUT2D eigenvalue weighted by Gasteiger charge is 2.07. The number of hydrogen-bond donors (Lipinski definition) is 2. The van der Waals surface area contributed by atoms with Gasteiger partial charge in [-0.15, -0.1) is 0 Å². The number of hydrogen-bond acceptors (Lipinski definition) is 2. The molecule has 2 aromatic rings. The highest BCUT2D eigenvalue weighted by atomic mass is 35.5. The average molecular weight is 224 g/mol. The first-order chi connectivity index (χ1) is 7.08. The van der Waals surface area contributed by atoms with Gasteiger partial charge in [0.25, 0.3) is 5.56 Å². The Morgan fingerprint density at radius 2 is 2.13 bits per heavy atom. The lowest BCUT2D eigenvalue weighted by atomic mass is 10.1. The summed E-state index contributed by atoms with van der Waals surface area (Å²) in [5, 5.41) is 10.8. The van der Waals surface area contributed by atoms with E-state index < -0.39 is 6.10 Å². The van der Waals surface area contributed by atoms with Crippen molar-refractivity contribution in [3.05, 3.63) is 45.2 Å². The van der Waals surface area contributed by atoms with Crippen LogP contribution in [0.5, 0.6) is 0 Å². The summed E-state index contributed by atoms with van der Waals surface area (Å²) < 4.78 is 0. The number of fused-ring (bicyclic) bond motifs is 1. The van der Waals surface area contributed by atoms with Crippen LogP contribution in [-0.4, -0.2) is 10.1 Å². The number of aliphatic hydroxyl groups excluding tert-OH is 1. The predicted molar refractivity (Wildman–Crippen MR) is 60.2 cm³/mol. The Kier molecular flexibility index (Phi) is 2.50. The Bertz CT molecular complexity index is 560. The third kappa shape index (κ3) is 1.89. The van der Waals surface area contributed by atoms with Crippen LogP contribution in [-0.2, 0) is 0 Å². The van der Waals surface area contributed by atoms with Crippen LogP contribution in [0.15, 0.2) is 29.1 Å². The van der Waals surface area contributed by atoms with Gasteiger partial charge in [0.2, 0.25) is 0 Å². The van der Waals surface area contributed by atoms with E-state index in [0.29, 0.717) is 16.1 Å². The number of nitrogens with one attached hydrogen (secondary N) is 1. The first-order valence-corrected chi connectivity index (χ1v) is 4.96. The van der Waals surface area contributed by atoms with E-state index in [1.165, 1.54) is 0 Å². The lowest BCUT2D eigenvalue weighted by Crippen LogP contribution is -2.14. The molecule has 15 heavy (non-hydrogen) atoms. The second kappa shape index (κ2) is 3.68. The summed E-state index contributed by atoms with van der Waals surface area (Å²) in [5.74, 6) is 0. The standard InChI is InChI=1S/C11H10ClNO2/c1-6(14)9-4-7-2-3-8(12)5-10(7)13-11(9)15/h2-6,14H,1H3,(H,13,15). The first kappa shape index (κ1) is 10.2. The molecule has 0 amide bonds. The molecular weight excluding hydrogens is 214 g/mol. The van der Waals surface area contributed by atoms with Crippen molar-refractivity contribution in [2.45, 2.75) is 13.0 Å². The Labute approximate surface area is 91.3 Å². The minimum atomic E-state index is -0.770. The highest BCUT2D eigenvalue weighted by Crippen LogP contribution is 2.18. The Hall–Kier alpha value is -1.32. The zero-order valence-electron chi connectivity index (χ0n) is 8.12. The van der Waals surface area contributed by atoms with Gasteiger partial charge in [-0.05, 0) is 30.5 Å². The Morgan fingerprint density at radius 1 is 1.40 bits per heavy atom. The zero-order chi connectivity index (χ0) is 11.0. The second-order valence-corrected chi connectivity index (χ2v) is 3.90. The van der Waals surface area contributed by atoms with Crippen molar-refractivity contribution >= 4 is 22.5 Å². The Morgan fingerprint density at radius 3 is 2.80 bits per heavy atom. The van der Waals surface area contributed by atoms with E-state index >= 15 is 0 Å². The van der Waals surface area contributed by atoms with Gasteiger partial charge in [0.1, 0.15) is 0 Å². The smallest absolute Gasteiger partial charge is 0.254 e. The fraction of sp³-hybridized carbons (Fsp3) is 0.182. The molecule has 3 nitrogen and oxygen atoms in total.